The Kier molecular flexibility index (Phi) is 3.99. The number of halogens is 2. The Morgan fingerprint density at radius 2 is 1.94 bits per heavy atom. The van der Waals surface area contributed by atoms with Crippen molar-refractivity contribution in [1.82, 2.24) is 0 Å². The average Bonchev–Trinajstić information content (AvgIpc) is 2.35. The van der Waals surface area contributed by atoms with Gasteiger partial charge < -0.3 is 10.5 Å². The number of ether oxygens (including phenoxy) is 1. The Labute approximate surface area is 114 Å². The second-order valence-electron chi connectivity index (χ2n) is 3.98. The van der Waals surface area contributed by atoms with Gasteiger partial charge in [-0.05, 0) is 58.2 Å². The highest BCUT2D eigenvalue weighted by molar-refractivity contribution is 9.10. The van der Waals surface area contributed by atoms with Gasteiger partial charge in [-0.1, -0.05) is 12.1 Å². The van der Waals surface area contributed by atoms with Gasteiger partial charge in [-0.3, -0.25) is 0 Å². The molecule has 0 aliphatic heterocycles. The van der Waals surface area contributed by atoms with Crippen LogP contribution in [-0.2, 0) is 6.54 Å². The van der Waals surface area contributed by atoms with Crippen LogP contribution in [-0.4, -0.2) is 0 Å². The van der Waals surface area contributed by atoms with E-state index < -0.39 is 0 Å². The van der Waals surface area contributed by atoms with Crippen LogP contribution in [0, 0.1) is 12.7 Å². The molecule has 0 bridgehead atoms. The molecule has 4 heteroatoms. The van der Waals surface area contributed by atoms with E-state index >= 15 is 0 Å². The van der Waals surface area contributed by atoms with Gasteiger partial charge in [0.15, 0.2) is 0 Å². The molecule has 0 heterocycles. The van der Waals surface area contributed by atoms with Gasteiger partial charge in [0.2, 0.25) is 0 Å². The molecular formula is C14H13BrFNO. The van der Waals surface area contributed by atoms with E-state index in [9.17, 15) is 4.39 Å². The molecule has 0 saturated carbocycles. The van der Waals surface area contributed by atoms with Crippen molar-refractivity contribution in [2.24, 2.45) is 5.73 Å². The summed E-state index contributed by atoms with van der Waals surface area (Å²) in [5.74, 6) is 1.00. The van der Waals surface area contributed by atoms with Gasteiger partial charge in [0, 0.05) is 6.54 Å². The van der Waals surface area contributed by atoms with Crippen molar-refractivity contribution in [3.8, 4) is 11.5 Å². The van der Waals surface area contributed by atoms with Gasteiger partial charge >= 0.3 is 0 Å². The van der Waals surface area contributed by atoms with E-state index in [1.165, 1.54) is 12.1 Å². The minimum absolute atomic E-state index is 0.304. The monoisotopic (exact) mass is 309 g/mol. The van der Waals surface area contributed by atoms with Gasteiger partial charge in [0.25, 0.3) is 0 Å². The van der Waals surface area contributed by atoms with Gasteiger partial charge in [-0.25, -0.2) is 4.39 Å². The fourth-order valence-corrected chi connectivity index (χ4v) is 1.99. The molecule has 2 N–H and O–H groups in total. The van der Waals surface area contributed by atoms with Crippen molar-refractivity contribution in [3.05, 3.63) is 57.8 Å². The maximum atomic E-state index is 13.0. The molecule has 0 amide bonds. The van der Waals surface area contributed by atoms with E-state index in [4.69, 9.17) is 10.5 Å². The molecule has 0 spiro atoms. The van der Waals surface area contributed by atoms with E-state index in [-0.39, 0.29) is 5.82 Å². The Bertz CT molecular complexity index is 572. The topological polar surface area (TPSA) is 35.2 Å². The highest BCUT2D eigenvalue weighted by atomic mass is 79.9. The number of hydrogen-bond donors (Lipinski definition) is 1. The second kappa shape index (κ2) is 5.50. The number of nitrogens with two attached hydrogens (primary N) is 1. The Balaban J connectivity index is 2.33. The molecule has 0 saturated heterocycles. The zero-order chi connectivity index (χ0) is 13.1. The molecule has 0 unspecified atom stereocenters. The van der Waals surface area contributed by atoms with E-state index in [0.717, 1.165) is 16.9 Å². The van der Waals surface area contributed by atoms with Crippen LogP contribution in [0.15, 0.2) is 40.9 Å². The second-order valence-corrected chi connectivity index (χ2v) is 4.84. The quantitative estimate of drug-likeness (QED) is 0.924. The smallest absolute Gasteiger partial charge is 0.141 e. The van der Waals surface area contributed by atoms with E-state index in [2.05, 4.69) is 15.9 Å². The molecule has 2 rings (SSSR count). The van der Waals surface area contributed by atoms with Gasteiger partial charge in [-0.2, -0.15) is 0 Å². The molecule has 2 aromatic carbocycles. The maximum absolute atomic E-state index is 13.0. The van der Waals surface area contributed by atoms with Crippen LogP contribution in [0.4, 0.5) is 4.39 Å². The average molecular weight is 310 g/mol. The lowest BCUT2D eigenvalue weighted by Crippen LogP contribution is -1.97. The first-order valence-corrected chi connectivity index (χ1v) is 6.32. The molecule has 0 fully saturated rings. The van der Waals surface area contributed by atoms with E-state index in [0.29, 0.717) is 16.8 Å². The molecule has 0 aliphatic rings. The normalized spacial score (nSPS) is 10.4. The molecule has 0 atom stereocenters. The van der Waals surface area contributed by atoms with Gasteiger partial charge in [-0.15, -0.1) is 0 Å². The Morgan fingerprint density at radius 1 is 1.17 bits per heavy atom. The Morgan fingerprint density at radius 3 is 2.61 bits per heavy atom. The summed E-state index contributed by atoms with van der Waals surface area (Å²) < 4.78 is 19.3. The predicted molar refractivity (Wildman–Crippen MR) is 73.2 cm³/mol. The lowest BCUT2D eigenvalue weighted by Gasteiger charge is -2.11. The molecular weight excluding hydrogens is 297 g/mol. The molecule has 0 aliphatic carbocycles. The van der Waals surface area contributed by atoms with E-state index in [1.807, 2.05) is 25.1 Å². The first-order chi connectivity index (χ1) is 8.60. The van der Waals surface area contributed by atoms with Crippen molar-refractivity contribution in [2.45, 2.75) is 13.5 Å². The summed E-state index contributed by atoms with van der Waals surface area (Å²) in [7, 11) is 0. The van der Waals surface area contributed by atoms with Crippen LogP contribution in [0.25, 0.3) is 0 Å². The van der Waals surface area contributed by atoms with Crippen LogP contribution < -0.4 is 10.5 Å². The third kappa shape index (κ3) is 2.89. The van der Waals surface area contributed by atoms with Crippen molar-refractivity contribution in [1.29, 1.82) is 0 Å². The van der Waals surface area contributed by atoms with Gasteiger partial charge in [0.1, 0.15) is 17.3 Å². The zero-order valence-corrected chi connectivity index (χ0v) is 11.5. The third-order valence-corrected chi connectivity index (χ3v) is 3.22. The minimum atomic E-state index is -0.304. The largest absolute Gasteiger partial charge is 0.456 e. The fraction of sp³-hybridized carbons (Fsp3) is 0.143. The number of benzene rings is 2. The molecule has 0 radical (unpaired) electrons. The van der Waals surface area contributed by atoms with E-state index in [1.54, 1.807) is 6.07 Å². The summed E-state index contributed by atoms with van der Waals surface area (Å²) >= 11 is 3.28. The summed E-state index contributed by atoms with van der Waals surface area (Å²) in [5, 5.41) is 0. The summed E-state index contributed by atoms with van der Waals surface area (Å²) in [6.45, 7) is 2.41. The predicted octanol–water partition coefficient (Wildman–Crippen LogP) is 4.15. The lowest BCUT2D eigenvalue weighted by atomic mass is 10.1. The summed E-state index contributed by atoms with van der Waals surface area (Å²) in [5.41, 5.74) is 7.59. The highest BCUT2D eigenvalue weighted by Gasteiger charge is 2.07. The number of rotatable bonds is 3. The standard InChI is InChI=1S/C14H13BrFNO/c1-9-2-3-10(8-17)6-14(9)18-13-5-4-11(16)7-12(13)15/h2-7H,8,17H2,1H3. The van der Waals surface area contributed by atoms with Crippen LogP contribution in [0.2, 0.25) is 0 Å². The molecule has 18 heavy (non-hydrogen) atoms. The van der Waals surface area contributed by atoms with Crippen molar-refractivity contribution in [2.75, 3.05) is 0 Å². The number of aryl methyl sites for hydroxylation is 1. The van der Waals surface area contributed by atoms with Crippen molar-refractivity contribution >= 4 is 15.9 Å². The molecule has 2 nitrogen and oxygen atoms in total. The first kappa shape index (κ1) is 13.1. The lowest BCUT2D eigenvalue weighted by molar-refractivity contribution is 0.473. The van der Waals surface area contributed by atoms with Gasteiger partial charge in [0.05, 0.1) is 4.47 Å². The summed E-state index contributed by atoms with van der Waals surface area (Å²) in [4.78, 5) is 0. The maximum Gasteiger partial charge on any atom is 0.141 e. The van der Waals surface area contributed by atoms with Crippen molar-refractivity contribution < 1.29 is 9.13 Å². The summed E-state index contributed by atoms with van der Waals surface area (Å²) in [6, 6.07) is 10.1. The summed E-state index contributed by atoms with van der Waals surface area (Å²) in [6.07, 6.45) is 0. The third-order valence-electron chi connectivity index (χ3n) is 2.60. The van der Waals surface area contributed by atoms with Crippen LogP contribution in [0.5, 0.6) is 11.5 Å². The minimum Gasteiger partial charge on any atom is -0.456 e. The number of hydrogen-bond acceptors (Lipinski definition) is 2. The van der Waals surface area contributed by atoms with Crippen LogP contribution in [0.3, 0.4) is 0 Å². The van der Waals surface area contributed by atoms with Crippen LogP contribution in [0.1, 0.15) is 11.1 Å². The highest BCUT2D eigenvalue weighted by Crippen LogP contribution is 2.32. The SMILES string of the molecule is Cc1ccc(CN)cc1Oc1ccc(F)cc1Br. The Hall–Kier alpha value is -1.39. The van der Waals surface area contributed by atoms with Crippen molar-refractivity contribution in [3.63, 3.8) is 0 Å². The fourth-order valence-electron chi connectivity index (χ4n) is 1.56. The molecule has 2 aromatic rings. The molecule has 94 valence electrons. The zero-order valence-electron chi connectivity index (χ0n) is 9.91. The first-order valence-electron chi connectivity index (χ1n) is 5.52. The van der Waals surface area contributed by atoms with Crippen LogP contribution >= 0.6 is 15.9 Å². The molecule has 0 aromatic heterocycles.